The zero-order valence-electron chi connectivity index (χ0n) is 27.1. The molecule has 0 aromatic heterocycles. The van der Waals surface area contributed by atoms with Crippen molar-refractivity contribution in [3.8, 4) is 5.75 Å². The molecule has 1 fully saturated rings. The lowest BCUT2D eigenvalue weighted by atomic mass is 9.84. The molecule has 48 heavy (non-hydrogen) atoms. The number of aliphatic carboxylic acids is 1. The number of nitrogens with zero attached hydrogens (tertiary/aromatic N) is 1. The number of ether oxygens (including phenoxy) is 1. The van der Waals surface area contributed by atoms with E-state index in [1.807, 2.05) is 29.6 Å². The smallest absolute Gasteiger partial charge is 0.376 e. The summed E-state index contributed by atoms with van der Waals surface area (Å²) in [5, 5.41) is 13.4. The number of unbranched alkanes of at least 4 members (excludes halogenated alkanes) is 1. The quantitative estimate of drug-likeness (QED) is 0.164. The monoisotopic (exact) mass is 687 g/mol. The molecule has 13 heteroatoms. The Morgan fingerprint density at radius 2 is 1.67 bits per heavy atom. The van der Waals surface area contributed by atoms with E-state index in [2.05, 4.69) is 12.2 Å². The van der Waals surface area contributed by atoms with Gasteiger partial charge in [-0.15, -0.1) is 0 Å². The normalized spacial score (nSPS) is 13.9. The van der Waals surface area contributed by atoms with E-state index in [4.69, 9.17) is 9.84 Å². The molecule has 260 valence electrons. The van der Waals surface area contributed by atoms with Gasteiger partial charge in [-0.1, -0.05) is 56.9 Å². The first-order valence-corrected chi connectivity index (χ1v) is 17.3. The van der Waals surface area contributed by atoms with E-state index < -0.39 is 41.2 Å². The van der Waals surface area contributed by atoms with Gasteiger partial charge >= 0.3 is 17.9 Å². The van der Waals surface area contributed by atoms with Crippen molar-refractivity contribution in [1.29, 1.82) is 0 Å². The Kier molecular flexibility index (Phi) is 14.0. The minimum Gasteiger partial charge on any atom is -0.492 e. The topological polar surface area (TPSA) is 157 Å². The molecule has 0 radical (unpaired) electrons. The van der Waals surface area contributed by atoms with Crippen LogP contribution in [0.4, 0.5) is 25.0 Å². The lowest BCUT2D eigenvalue weighted by Crippen LogP contribution is -2.42. The first kappa shape index (κ1) is 38.1. The van der Waals surface area contributed by atoms with Crippen LogP contribution in [-0.4, -0.2) is 58.0 Å². The Balaban J connectivity index is 0.00000625. The van der Waals surface area contributed by atoms with E-state index in [-0.39, 0.29) is 17.6 Å². The highest BCUT2D eigenvalue weighted by Crippen LogP contribution is 2.34. The molecule has 3 aromatic rings. The van der Waals surface area contributed by atoms with E-state index in [0.717, 1.165) is 25.7 Å². The number of halogens is 2. The van der Waals surface area contributed by atoms with Gasteiger partial charge in [0.05, 0.1) is 35.4 Å². The standard InChI is InChI=1S/C35H41F2N3O6S.H2O/c1-3-4-20-46-30-19-16-28(21-31(30)47(2)45)39-34(44)40(29-17-14-26(15-18-29)25-8-6-5-7-9-25)22-24-10-12-27(13-11-24)32(41)38-23-35(36,37)33(42)43;/h10-19,21,25H,3-9,20,22-23H2,1-2H3,(H,38,41)(H,39,44)(H,42,43);1H2. The number of amides is 3. The molecule has 1 aliphatic carbocycles. The Morgan fingerprint density at radius 1 is 1.00 bits per heavy atom. The Morgan fingerprint density at radius 3 is 2.27 bits per heavy atom. The van der Waals surface area contributed by atoms with Crippen LogP contribution in [0.3, 0.4) is 0 Å². The van der Waals surface area contributed by atoms with E-state index in [1.165, 1.54) is 37.0 Å². The predicted octanol–water partition coefficient (Wildman–Crippen LogP) is 6.51. The number of carboxylic acid groups (broad SMARTS) is 1. The summed E-state index contributed by atoms with van der Waals surface area (Å²) in [6.07, 6.45) is 9.28. The zero-order chi connectivity index (χ0) is 34.0. The van der Waals surface area contributed by atoms with Crippen LogP contribution in [-0.2, 0) is 22.1 Å². The van der Waals surface area contributed by atoms with Crippen molar-refractivity contribution in [1.82, 2.24) is 5.32 Å². The van der Waals surface area contributed by atoms with Gasteiger partial charge in [-0.2, -0.15) is 8.78 Å². The highest BCUT2D eigenvalue weighted by molar-refractivity contribution is 7.84. The number of benzene rings is 3. The van der Waals surface area contributed by atoms with Gasteiger partial charge in [-0.25, -0.2) is 9.59 Å². The fourth-order valence-electron chi connectivity index (χ4n) is 5.40. The first-order chi connectivity index (χ1) is 22.5. The van der Waals surface area contributed by atoms with E-state index >= 15 is 0 Å². The fraction of sp³-hybridized carbons (Fsp3) is 0.400. The van der Waals surface area contributed by atoms with E-state index in [1.54, 1.807) is 41.5 Å². The molecular formula is C35H43F2N3O7S. The molecule has 0 spiro atoms. The fourth-order valence-corrected chi connectivity index (χ4v) is 6.11. The van der Waals surface area contributed by atoms with Crippen LogP contribution in [0.25, 0.3) is 0 Å². The number of alkyl halides is 2. The Bertz CT molecular complexity index is 1560. The van der Waals surface area contributed by atoms with E-state index in [9.17, 15) is 27.4 Å². The number of hydrogen-bond donors (Lipinski definition) is 3. The molecule has 0 heterocycles. The van der Waals surface area contributed by atoms with Gasteiger partial charge in [0.25, 0.3) is 5.91 Å². The molecule has 3 amide bonds. The van der Waals surface area contributed by atoms with Gasteiger partial charge < -0.3 is 26.0 Å². The number of anilines is 2. The molecule has 0 aliphatic heterocycles. The summed E-state index contributed by atoms with van der Waals surface area (Å²) in [6, 6.07) is 18.5. The summed E-state index contributed by atoms with van der Waals surface area (Å²) in [6.45, 7) is 1.31. The number of hydrogen-bond acceptors (Lipinski definition) is 5. The number of nitrogens with one attached hydrogen (secondary N) is 2. The summed E-state index contributed by atoms with van der Waals surface area (Å²) >= 11 is 0. The highest BCUT2D eigenvalue weighted by Gasteiger charge is 2.39. The van der Waals surface area contributed by atoms with Gasteiger partial charge in [0.1, 0.15) is 5.75 Å². The molecule has 10 nitrogen and oxygen atoms in total. The zero-order valence-corrected chi connectivity index (χ0v) is 27.9. The molecule has 1 aliphatic rings. The van der Waals surface area contributed by atoms with Crippen LogP contribution < -0.4 is 20.3 Å². The number of carbonyl (C=O) groups is 3. The van der Waals surface area contributed by atoms with Crippen LogP contribution in [0.5, 0.6) is 5.75 Å². The molecule has 1 saturated carbocycles. The molecule has 0 bridgehead atoms. The van der Waals surface area contributed by atoms with Crippen LogP contribution in [0.1, 0.15) is 79.3 Å². The van der Waals surface area contributed by atoms with Gasteiger partial charge in [-0.05, 0) is 78.8 Å². The van der Waals surface area contributed by atoms with Crippen LogP contribution >= 0.6 is 0 Å². The third kappa shape index (κ3) is 10.3. The third-order valence-electron chi connectivity index (χ3n) is 8.13. The molecular weight excluding hydrogens is 644 g/mol. The minimum atomic E-state index is -4.09. The molecule has 1 unspecified atom stereocenters. The SMILES string of the molecule is CCCCOc1ccc(NC(=O)N(Cc2ccc(C(=O)NCC(F)(F)C(=O)O)cc2)c2ccc(C3CCCCC3)cc2)cc1S(C)=O.O. The summed E-state index contributed by atoms with van der Waals surface area (Å²) < 4.78 is 45.2. The van der Waals surface area contributed by atoms with Crippen molar-refractivity contribution >= 4 is 40.1 Å². The summed E-state index contributed by atoms with van der Waals surface area (Å²) in [5.74, 6) is -6.28. The van der Waals surface area contributed by atoms with Crippen LogP contribution in [0.2, 0.25) is 0 Å². The van der Waals surface area contributed by atoms with Gasteiger partial charge in [0.15, 0.2) is 0 Å². The molecule has 1 atom stereocenters. The maximum atomic E-state index is 13.8. The Hall–Kier alpha value is -4.36. The van der Waals surface area contributed by atoms with Crippen LogP contribution in [0, 0.1) is 0 Å². The lowest BCUT2D eigenvalue weighted by Gasteiger charge is -2.26. The second-order valence-corrected chi connectivity index (χ2v) is 13.0. The highest BCUT2D eigenvalue weighted by atomic mass is 32.2. The minimum absolute atomic E-state index is 0. The van der Waals surface area contributed by atoms with Crippen molar-refractivity contribution in [2.45, 2.75) is 75.2 Å². The van der Waals surface area contributed by atoms with Gasteiger partial charge in [0, 0.05) is 23.2 Å². The van der Waals surface area contributed by atoms with Crippen molar-refractivity contribution < 1.29 is 42.7 Å². The Labute approximate surface area is 281 Å². The van der Waals surface area contributed by atoms with Crippen molar-refractivity contribution in [2.75, 3.05) is 29.6 Å². The van der Waals surface area contributed by atoms with Crippen molar-refractivity contribution in [3.05, 3.63) is 83.4 Å². The van der Waals surface area contributed by atoms with Crippen molar-refractivity contribution in [3.63, 3.8) is 0 Å². The molecule has 4 rings (SSSR count). The second kappa shape index (κ2) is 17.7. The average molecular weight is 688 g/mol. The van der Waals surface area contributed by atoms with Crippen molar-refractivity contribution in [2.24, 2.45) is 0 Å². The second-order valence-electron chi connectivity index (χ2n) is 11.6. The summed E-state index contributed by atoms with van der Waals surface area (Å²) in [7, 11) is -1.36. The molecule has 0 saturated heterocycles. The first-order valence-electron chi connectivity index (χ1n) is 15.8. The van der Waals surface area contributed by atoms with E-state index in [0.29, 0.717) is 40.1 Å². The lowest BCUT2D eigenvalue weighted by molar-refractivity contribution is -0.163. The number of carboxylic acids is 1. The predicted molar refractivity (Wildman–Crippen MR) is 182 cm³/mol. The number of urea groups is 1. The maximum absolute atomic E-state index is 13.8. The van der Waals surface area contributed by atoms with Gasteiger partial charge in [-0.3, -0.25) is 13.9 Å². The van der Waals surface area contributed by atoms with Crippen LogP contribution in [0.15, 0.2) is 71.6 Å². The number of carbonyl (C=O) groups excluding carboxylic acids is 2. The summed E-state index contributed by atoms with van der Waals surface area (Å²) in [4.78, 5) is 38.9. The average Bonchev–Trinajstić information content (AvgIpc) is 3.07. The maximum Gasteiger partial charge on any atom is 0.376 e. The molecule has 3 aromatic carbocycles. The summed E-state index contributed by atoms with van der Waals surface area (Å²) in [5.41, 5.74) is 3.02. The largest absolute Gasteiger partial charge is 0.492 e. The number of rotatable bonds is 14. The third-order valence-corrected chi connectivity index (χ3v) is 9.07. The molecule has 5 N–H and O–H groups in total. The van der Waals surface area contributed by atoms with Gasteiger partial charge in [0.2, 0.25) is 0 Å².